The quantitative estimate of drug-likeness (QED) is 0.898. The standard InChI is InChI=1S/C13H16N2O4S/c1-9(16)15-6-7-19-13-5-4-11(8-12(13)15)20(17,18)14-10-2-3-10/h4-5,8,10,14H,2-3,6-7H2,1H3. The summed E-state index contributed by atoms with van der Waals surface area (Å²) in [5.41, 5.74) is 0.516. The molecule has 1 aromatic carbocycles. The minimum Gasteiger partial charge on any atom is -0.490 e. The molecule has 1 amide bonds. The van der Waals surface area contributed by atoms with Crippen molar-refractivity contribution >= 4 is 21.6 Å². The fourth-order valence-electron chi connectivity index (χ4n) is 2.18. The largest absolute Gasteiger partial charge is 0.490 e. The highest BCUT2D eigenvalue weighted by Gasteiger charge is 2.29. The predicted molar refractivity (Wildman–Crippen MR) is 73.3 cm³/mol. The van der Waals surface area contributed by atoms with Gasteiger partial charge in [0, 0.05) is 13.0 Å². The van der Waals surface area contributed by atoms with Crippen molar-refractivity contribution < 1.29 is 17.9 Å². The maximum absolute atomic E-state index is 12.2. The topological polar surface area (TPSA) is 75.7 Å². The van der Waals surface area contributed by atoms with E-state index in [1.54, 1.807) is 6.07 Å². The lowest BCUT2D eigenvalue weighted by Crippen LogP contribution is -2.36. The Bertz CT molecular complexity index is 652. The molecule has 20 heavy (non-hydrogen) atoms. The number of nitrogens with zero attached hydrogens (tertiary/aromatic N) is 1. The molecule has 108 valence electrons. The van der Waals surface area contributed by atoms with Crippen molar-refractivity contribution in [2.24, 2.45) is 0 Å². The molecular formula is C13H16N2O4S. The molecule has 0 unspecified atom stereocenters. The second-order valence-electron chi connectivity index (χ2n) is 5.04. The summed E-state index contributed by atoms with van der Waals surface area (Å²) in [6, 6.07) is 4.66. The molecule has 1 N–H and O–H groups in total. The minimum atomic E-state index is -3.52. The Morgan fingerprint density at radius 2 is 2.15 bits per heavy atom. The first-order valence-electron chi connectivity index (χ1n) is 6.55. The van der Waals surface area contributed by atoms with Gasteiger partial charge in [-0.2, -0.15) is 0 Å². The molecule has 1 saturated carbocycles. The fourth-order valence-corrected chi connectivity index (χ4v) is 3.50. The lowest BCUT2D eigenvalue weighted by molar-refractivity contribution is -0.116. The molecule has 1 heterocycles. The van der Waals surface area contributed by atoms with E-state index in [-0.39, 0.29) is 16.8 Å². The third-order valence-electron chi connectivity index (χ3n) is 3.38. The molecular weight excluding hydrogens is 280 g/mol. The Morgan fingerprint density at radius 3 is 2.80 bits per heavy atom. The van der Waals surface area contributed by atoms with Gasteiger partial charge in [0.25, 0.3) is 0 Å². The first-order chi connectivity index (χ1) is 9.47. The van der Waals surface area contributed by atoms with Crippen LogP contribution in [-0.2, 0) is 14.8 Å². The van der Waals surface area contributed by atoms with Crippen LogP contribution in [0.15, 0.2) is 23.1 Å². The highest BCUT2D eigenvalue weighted by molar-refractivity contribution is 7.89. The number of fused-ring (bicyclic) bond motifs is 1. The summed E-state index contributed by atoms with van der Waals surface area (Å²) in [4.78, 5) is 13.3. The lowest BCUT2D eigenvalue weighted by Gasteiger charge is -2.29. The van der Waals surface area contributed by atoms with Gasteiger partial charge in [-0.3, -0.25) is 4.79 Å². The summed E-state index contributed by atoms with van der Waals surface area (Å²) in [5.74, 6) is 0.413. The van der Waals surface area contributed by atoms with Gasteiger partial charge in [-0.25, -0.2) is 13.1 Å². The van der Waals surface area contributed by atoms with Crippen LogP contribution in [0.25, 0.3) is 0 Å². The molecule has 0 bridgehead atoms. The molecule has 0 radical (unpaired) electrons. The summed E-state index contributed by atoms with van der Waals surface area (Å²) in [6.45, 7) is 2.31. The van der Waals surface area contributed by atoms with Crippen LogP contribution in [0.4, 0.5) is 5.69 Å². The Morgan fingerprint density at radius 1 is 1.40 bits per heavy atom. The number of carbonyl (C=O) groups excluding carboxylic acids is 1. The zero-order valence-corrected chi connectivity index (χ0v) is 11.9. The van der Waals surface area contributed by atoms with Crippen molar-refractivity contribution in [2.45, 2.75) is 30.7 Å². The van der Waals surface area contributed by atoms with E-state index in [0.717, 1.165) is 12.8 Å². The SMILES string of the molecule is CC(=O)N1CCOc2ccc(S(=O)(=O)NC3CC3)cc21. The normalized spacial score (nSPS) is 18.4. The van der Waals surface area contributed by atoms with Crippen molar-refractivity contribution in [3.63, 3.8) is 0 Å². The number of hydrogen-bond donors (Lipinski definition) is 1. The van der Waals surface area contributed by atoms with Crippen molar-refractivity contribution in [3.8, 4) is 5.75 Å². The zero-order chi connectivity index (χ0) is 14.3. The number of rotatable bonds is 3. The molecule has 6 nitrogen and oxygen atoms in total. The predicted octanol–water partition coefficient (Wildman–Crippen LogP) is 0.873. The van der Waals surface area contributed by atoms with Gasteiger partial charge >= 0.3 is 0 Å². The van der Waals surface area contributed by atoms with Crippen LogP contribution in [0.2, 0.25) is 0 Å². The summed E-state index contributed by atoms with van der Waals surface area (Å²) in [5, 5.41) is 0. The maximum atomic E-state index is 12.2. The molecule has 1 aliphatic heterocycles. The van der Waals surface area contributed by atoms with E-state index in [2.05, 4.69) is 4.72 Å². The van der Waals surface area contributed by atoms with Crippen LogP contribution in [0.5, 0.6) is 5.75 Å². The average Bonchev–Trinajstić information content (AvgIpc) is 3.20. The minimum absolute atomic E-state index is 0.0520. The van der Waals surface area contributed by atoms with Crippen LogP contribution < -0.4 is 14.4 Å². The van der Waals surface area contributed by atoms with E-state index in [4.69, 9.17) is 4.74 Å². The van der Waals surface area contributed by atoms with Gasteiger partial charge in [-0.15, -0.1) is 0 Å². The summed E-state index contributed by atoms with van der Waals surface area (Å²) >= 11 is 0. The molecule has 0 aromatic heterocycles. The van der Waals surface area contributed by atoms with E-state index in [9.17, 15) is 13.2 Å². The van der Waals surface area contributed by atoms with Gasteiger partial charge in [-0.05, 0) is 31.0 Å². The van der Waals surface area contributed by atoms with Gasteiger partial charge in [0.2, 0.25) is 15.9 Å². The van der Waals surface area contributed by atoms with Crippen LogP contribution in [-0.4, -0.2) is 33.5 Å². The van der Waals surface area contributed by atoms with Crippen LogP contribution >= 0.6 is 0 Å². The maximum Gasteiger partial charge on any atom is 0.240 e. The van der Waals surface area contributed by atoms with Gasteiger partial charge < -0.3 is 9.64 Å². The van der Waals surface area contributed by atoms with Crippen molar-refractivity contribution in [1.82, 2.24) is 4.72 Å². The van der Waals surface area contributed by atoms with Gasteiger partial charge in [0.15, 0.2) is 0 Å². The first kappa shape index (κ1) is 13.4. The number of sulfonamides is 1. The Kier molecular flexibility index (Phi) is 3.18. The number of amides is 1. The van der Waals surface area contributed by atoms with E-state index in [1.807, 2.05) is 0 Å². The van der Waals surface area contributed by atoms with Crippen LogP contribution in [0.3, 0.4) is 0 Å². The monoisotopic (exact) mass is 296 g/mol. The van der Waals surface area contributed by atoms with Crippen LogP contribution in [0.1, 0.15) is 19.8 Å². The number of ether oxygens (including phenoxy) is 1. The Balaban J connectivity index is 1.98. The molecule has 0 atom stereocenters. The van der Waals surface area contributed by atoms with Gasteiger partial charge in [0.05, 0.1) is 17.1 Å². The van der Waals surface area contributed by atoms with E-state index in [1.165, 1.54) is 24.0 Å². The third-order valence-corrected chi connectivity index (χ3v) is 4.90. The van der Waals surface area contributed by atoms with Gasteiger partial charge in [-0.1, -0.05) is 0 Å². The number of anilines is 1. The summed E-state index contributed by atoms with van der Waals surface area (Å²) < 4.78 is 32.5. The highest BCUT2D eigenvalue weighted by atomic mass is 32.2. The van der Waals surface area contributed by atoms with E-state index in [0.29, 0.717) is 24.6 Å². The molecule has 3 rings (SSSR count). The molecule has 0 spiro atoms. The molecule has 7 heteroatoms. The number of carbonyl (C=O) groups is 1. The van der Waals surface area contributed by atoms with Crippen molar-refractivity contribution in [2.75, 3.05) is 18.1 Å². The Hall–Kier alpha value is -1.60. The van der Waals surface area contributed by atoms with E-state index >= 15 is 0 Å². The Labute approximate surface area is 117 Å². The second-order valence-corrected chi connectivity index (χ2v) is 6.76. The summed E-state index contributed by atoms with van der Waals surface area (Å²) in [7, 11) is -3.52. The molecule has 2 aliphatic rings. The fraction of sp³-hybridized carbons (Fsp3) is 0.462. The molecule has 1 fully saturated rings. The summed E-state index contributed by atoms with van der Waals surface area (Å²) in [6.07, 6.45) is 1.76. The van der Waals surface area contributed by atoms with E-state index < -0.39 is 10.0 Å². The zero-order valence-electron chi connectivity index (χ0n) is 11.1. The van der Waals surface area contributed by atoms with Crippen LogP contribution in [0, 0.1) is 0 Å². The molecule has 1 aliphatic carbocycles. The van der Waals surface area contributed by atoms with Gasteiger partial charge in [0.1, 0.15) is 12.4 Å². The molecule has 1 aromatic rings. The number of nitrogens with one attached hydrogen (secondary N) is 1. The second kappa shape index (κ2) is 4.75. The third kappa shape index (κ3) is 2.51. The first-order valence-corrected chi connectivity index (χ1v) is 8.03. The average molecular weight is 296 g/mol. The molecule has 0 saturated heterocycles. The smallest absolute Gasteiger partial charge is 0.240 e. The highest BCUT2D eigenvalue weighted by Crippen LogP contribution is 2.34. The van der Waals surface area contributed by atoms with Crippen molar-refractivity contribution in [1.29, 1.82) is 0 Å². The lowest BCUT2D eigenvalue weighted by atomic mass is 10.2. The number of benzene rings is 1. The number of hydrogen-bond acceptors (Lipinski definition) is 4. The van der Waals surface area contributed by atoms with Crippen molar-refractivity contribution in [3.05, 3.63) is 18.2 Å².